The highest BCUT2D eigenvalue weighted by Gasteiger charge is 2.28. The summed E-state index contributed by atoms with van der Waals surface area (Å²) in [6.45, 7) is 0. The van der Waals surface area contributed by atoms with E-state index in [0.29, 0.717) is 121 Å². The van der Waals surface area contributed by atoms with Crippen molar-refractivity contribution in [2.75, 3.05) is 0 Å². The first kappa shape index (κ1) is 77.9. The summed E-state index contributed by atoms with van der Waals surface area (Å²) in [5.74, 6) is 7.02. The summed E-state index contributed by atoms with van der Waals surface area (Å²) in [6, 6.07) is 139. The zero-order valence-electron chi connectivity index (χ0n) is 70.2. The van der Waals surface area contributed by atoms with E-state index in [4.69, 9.17) is 74.8 Å². The molecule has 0 atom stereocenters. The molecule has 0 saturated heterocycles. The van der Waals surface area contributed by atoms with Crippen molar-refractivity contribution in [1.82, 2.24) is 83.9 Å². The second kappa shape index (κ2) is 33.6. The largest absolute Gasteiger partial charge is 0.308 e. The van der Waals surface area contributed by atoms with Gasteiger partial charge in [0.15, 0.2) is 87.4 Å². The molecule has 23 aromatic rings. The maximum absolute atomic E-state index is 11.3. The third kappa shape index (κ3) is 14.9. The quantitative estimate of drug-likeness (QED) is 0.0774. The lowest BCUT2D eigenvalue weighted by atomic mass is 10.00. The van der Waals surface area contributed by atoms with Crippen LogP contribution in [0.1, 0.15) is 11.1 Å². The predicted molar refractivity (Wildman–Crippen MR) is 518 cm³/mol. The van der Waals surface area contributed by atoms with Gasteiger partial charge in [0.05, 0.1) is 56.7 Å². The Labute approximate surface area is 756 Å². The van der Waals surface area contributed by atoms with Crippen molar-refractivity contribution in [3.63, 3.8) is 0 Å². The average molecular weight is 1690 g/mol. The summed E-state index contributed by atoms with van der Waals surface area (Å²) in [7, 11) is 0. The molecule has 0 spiro atoms. The number of benzene rings is 16. The van der Waals surface area contributed by atoms with Crippen molar-refractivity contribution in [3.05, 3.63) is 418 Å². The van der Waals surface area contributed by atoms with Crippen molar-refractivity contribution in [1.29, 1.82) is 10.5 Å². The minimum absolute atomic E-state index is 0.309. The molecule has 0 fully saturated rings. The Morgan fingerprint density at radius 1 is 0.152 bits per heavy atom. The summed E-state index contributed by atoms with van der Waals surface area (Å²) in [5, 5.41) is 24.8. The summed E-state index contributed by atoms with van der Waals surface area (Å²) in [6.07, 6.45) is 0. The van der Waals surface area contributed by atoms with E-state index in [0.717, 1.165) is 127 Å². The van der Waals surface area contributed by atoms with Crippen LogP contribution >= 0.6 is 0 Å². The van der Waals surface area contributed by atoms with Crippen molar-refractivity contribution in [2.45, 2.75) is 0 Å². The lowest BCUT2D eigenvalue weighted by molar-refractivity contribution is 1.06. The number of rotatable bonds is 18. The van der Waals surface area contributed by atoms with Crippen molar-refractivity contribution in [3.8, 4) is 205 Å². The van der Waals surface area contributed by atoms with Crippen LogP contribution in [0.4, 0.5) is 0 Å². The van der Waals surface area contributed by atoms with Crippen LogP contribution in [0.2, 0.25) is 0 Å². The molecule has 23 rings (SSSR count). The molecule has 0 unspecified atom stereocenters. The van der Waals surface area contributed by atoms with Gasteiger partial charge in [0.1, 0.15) is 0 Å². The molecule has 19 nitrogen and oxygen atoms in total. The molecule has 0 radical (unpaired) electrons. The zero-order chi connectivity index (χ0) is 88.0. The third-order valence-corrected chi connectivity index (χ3v) is 23.5. The van der Waals surface area contributed by atoms with Gasteiger partial charge in [0.25, 0.3) is 0 Å². The van der Waals surface area contributed by atoms with E-state index in [9.17, 15) is 10.5 Å². The fourth-order valence-corrected chi connectivity index (χ4v) is 17.0. The van der Waals surface area contributed by atoms with E-state index >= 15 is 0 Å². The fraction of sp³-hybridized carbons (Fsp3) is 0. The van der Waals surface area contributed by atoms with E-state index in [2.05, 4.69) is 100 Å². The maximum atomic E-state index is 11.3. The summed E-state index contributed by atoms with van der Waals surface area (Å²) < 4.78 is 4.44. The number of fused-ring (bicyclic) bond motifs is 6. The first-order valence-electron chi connectivity index (χ1n) is 42.9. The topological polar surface area (TPSA) is 251 Å². The van der Waals surface area contributed by atoms with E-state index in [1.807, 2.05) is 328 Å². The number of hydrogen-bond donors (Lipinski definition) is 0. The van der Waals surface area contributed by atoms with Crippen LogP contribution in [-0.2, 0) is 0 Å². The Kier molecular flexibility index (Phi) is 19.8. The molecule has 614 valence electrons. The van der Waals surface area contributed by atoms with Gasteiger partial charge in [0.2, 0.25) is 0 Å². The van der Waals surface area contributed by atoms with Crippen LogP contribution in [-0.4, -0.2) is 83.9 Å². The molecule has 0 saturated carbocycles. The Hall–Kier alpha value is -18.9. The molecule has 0 bridgehead atoms. The van der Waals surface area contributed by atoms with Crippen LogP contribution in [0.15, 0.2) is 406 Å². The van der Waals surface area contributed by atoms with Gasteiger partial charge in [-0.05, 0) is 126 Å². The van der Waals surface area contributed by atoms with Crippen LogP contribution < -0.4 is 0 Å². The monoisotopic (exact) mass is 1690 g/mol. The minimum Gasteiger partial charge on any atom is -0.308 e. The van der Waals surface area contributed by atoms with E-state index < -0.39 is 0 Å². The first-order chi connectivity index (χ1) is 65.3. The van der Waals surface area contributed by atoms with Crippen molar-refractivity contribution >= 4 is 43.6 Å². The van der Waals surface area contributed by atoms with E-state index in [1.165, 1.54) is 0 Å². The van der Waals surface area contributed by atoms with Crippen LogP contribution in [0.5, 0.6) is 0 Å². The highest BCUT2D eigenvalue weighted by Crippen LogP contribution is 2.45. The summed E-state index contributed by atoms with van der Waals surface area (Å²) in [4.78, 5) is 79.4. The summed E-state index contributed by atoms with van der Waals surface area (Å²) >= 11 is 0. The Bertz CT molecular complexity index is 7900. The normalized spacial score (nSPS) is 11.3. The average Bonchev–Trinajstić information content (AvgIpc) is 1.57. The minimum atomic E-state index is 0.309. The van der Waals surface area contributed by atoms with Crippen LogP contribution in [0.3, 0.4) is 0 Å². The van der Waals surface area contributed by atoms with Gasteiger partial charge in [0, 0.05) is 105 Å². The first-order valence-corrected chi connectivity index (χ1v) is 42.9. The molecule has 19 heteroatoms. The van der Waals surface area contributed by atoms with Gasteiger partial charge in [-0.3, -0.25) is 0 Å². The molecule has 0 N–H and O–H groups in total. The third-order valence-electron chi connectivity index (χ3n) is 23.5. The molecular formula is C113H67N19. The Morgan fingerprint density at radius 2 is 0.341 bits per heavy atom. The van der Waals surface area contributed by atoms with Gasteiger partial charge in [-0.2, -0.15) is 10.5 Å². The molecule has 132 heavy (non-hydrogen) atoms. The smallest absolute Gasteiger partial charge is 0.166 e. The van der Waals surface area contributed by atoms with E-state index in [-0.39, 0.29) is 0 Å². The second-order valence-corrected chi connectivity index (χ2v) is 31.7. The van der Waals surface area contributed by atoms with Crippen molar-refractivity contribution < 1.29 is 0 Å². The fourth-order valence-electron chi connectivity index (χ4n) is 17.0. The standard InChI is InChI=1S/C113H67N19/c114-68-70-46-49-72(50-47-70)82-51-57-88(98(67-82)132-95-60-54-85(110-124-103(77-36-18-5-19-37-77)118-104(125-110)78-38-20-6-21-39-78)65-91(95)92-66-86(55-61-96(92)132)111-126-105(79-40-22-7-23-41-79)119-106(127-111)80-42-24-8-25-43-80)113-129-107(81-44-26-9-27-45-81)128-112(130-113)87-56-48-71(69-115)62-97(87)131-93-58-52-83(108-120-99(73-28-10-1-11-29-73)116-100(121-108)74-30-12-2-13-31-74)63-89(93)90-64-84(53-59-94(90)131)109-122-101(75-32-14-3-15-33-75)117-102(123-109)76-34-16-4-17-35-76/h1-67H. The second-order valence-electron chi connectivity index (χ2n) is 31.7. The van der Waals surface area contributed by atoms with Gasteiger partial charge >= 0.3 is 0 Å². The lowest BCUT2D eigenvalue weighted by Gasteiger charge is -2.18. The number of nitriles is 2. The van der Waals surface area contributed by atoms with Crippen LogP contribution in [0, 0.1) is 22.7 Å². The van der Waals surface area contributed by atoms with Gasteiger partial charge in [-0.1, -0.05) is 291 Å². The lowest BCUT2D eigenvalue weighted by Crippen LogP contribution is -2.06. The number of aromatic nitrogens is 17. The summed E-state index contributed by atoms with van der Waals surface area (Å²) in [5.41, 5.74) is 18.6. The number of hydrogen-bond acceptors (Lipinski definition) is 17. The molecule has 0 aliphatic rings. The van der Waals surface area contributed by atoms with E-state index in [1.54, 1.807) is 0 Å². The molecule has 7 heterocycles. The number of nitrogens with zero attached hydrogens (tertiary/aromatic N) is 19. The molecule has 0 aliphatic heterocycles. The SMILES string of the molecule is N#Cc1ccc(-c2ccc(-c3nc(-c4ccccc4)nc(-c4ccc(C#N)cc4-n4c5ccc(-c6nc(-c7ccccc7)nc(-c7ccccc7)n6)cc5c5cc(-c6nc(-c7ccccc7)nc(-c7ccccc7)n6)ccc54)n3)c(-n3c4ccc(-c5nc(-c6ccccc6)nc(-c6ccccc6)n5)cc4c4cc(-c5nc(-c6ccccc6)nc(-c6ccccc6)n5)ccc43)c2)cc1. The Balaban J connectivity index is 0.761. The predicted octanol–water partition coefficient (Wildman–Crippen LogP) is 25.2. The highest BCUT2D eigenvalue weighted by molar-refractivity contribution is 6.14. The molecule has 16 aromatic carbocycles. The molecule has 0 amide bonds. The van der Waals surface area contributed by atoms with Crippen molar-refractivity contribution in [2.24, 2.45) is 0 Å². The molecule has 7 aromatic heterocycles. The molecular weight excluding hydrogens is 1620 g/mol. The van der Waals surface area contributed by atoms with Gasteiger partial charge in [-0.25, -0.2) is 74.8 Å². The van der Waals surface area contributed by atoms with Crippen LogP contribution in [0.25, 0.3) is 237 Å². The zero-order valence-corrected chi connectivity index (χ0v) is 70.2. The molecule has 0 aliphatic carbocycles. The van der Waals surface area contributed by atoms with Gasteiger partial charge in [-0.15, -0.1) is 0 Å². The highest BCUT2D eigenvalue weighted by atomic mass is 15.1. The Morgan fingerprint density at radius 3 is 0.583 bits per heavy atom. The maximum Gasteiger partial charge on any atom is 0.166 e. The van der Waals surface area contributed by atoms with Gasteiger partial charge < -0.3 is 9.13 Å².